The van der Waals surface area contributed by atoms with Crippen LogP contribution in [0.2, 0.25) is 0 Å². The predicted molar refractivity (Wildman–Crippen MR) is 108 cm³/mol. The van der Waals surface area contributed by atoms with E-state index < -0.39 is 6.04 Å². The van der Waals surface area contributed by atoms with Crippen LogP contribution in [0.15, 0.2) is 30.6 Å². The van der Waals surface area contributed by atoms with E-state index in [1.807, 2.05) is 45.3 Å². The number of hydrogen-bond acceptors (Lipinski definition) is 5. The molecule has 0 spiro atoms. The molecule has 7 nitrogen and oxygen atoms in total. The standard InChI is InChI=1S/C19H28N4O3.ClH/c1-5-25-9-10-26-13-15-7-6-8-17(14(15)2)22-19(24)18(20-3)16-11-21-23(4)12-16;/h6-8,11-12,18,20H,5,9-10,13H2,1-4H3,(H,22,24);1H. The van der Waals surface area contributed by atoms with E-state index in [4.69, 9.17) is 9.47 Å². The molecule has 0 aliphatic rings. The van der Waals surface area contributed by atoms with Gasteiger partial charge in [-0.2, -0.15) is 5.10 Å². The quantitative estimate of drug-likeness (QED) is 0.603. The lowest BCUT2D eigenvalue weighted by molar-refractivity contribution is -0.118. The molecule has 1 atom stereocenters. The average molecular weight is 397 g/mol. The number of rotatable bonds is 10. The minimum absolute atomic E-state index is 0. The summed E-state index contributed by atoms with van der Waals surface area (Å²) in [5.74, 6) is -0.127. The van der Waals surface area contributed by atoms with Gasteiger partial charge in [-0.05, 0) is 38.1 Å². The van der Waals surface area contributed by atoms with Crippen molar-refractivity contribution in [1.29, 1.82) is 0 Å². The van der Waals surface area contributed by atoms with Crippen molar-refractivity contribution >= 4 is 24.0 Å². The van der Waals surface area contributed by atoms with Crippen molar-refractivity contribution in [2.24, 2.45) is 7.05 Å². The summed E-state index contributed by atoms with van der Waals surface area (Å²) >= 11 is 0. The van der Waals surface area contributed by atoms with E-state index in [1.165, 1.54) is 0 Å². The number of ether oxygens (including phenoxy) is 2. The fourth-order valence-electron chi connectivity index (χ4n) is 2.66. The van der Waals surface area contributed by atoms with Crippen molar-refractivity contribution < 1.29 is 14.3 Å². The summed E-state index contributed by atoms with van der Waals surface area (Å²) in [6.07, 6.45) is 3.52. The summed E-state index contributed by atoms with van der Waals surface area (Å²) in [5, 5.41) is 10.2. The largest absolute Gasteiger partial charge is 0.379 e. The lowest BCUT2D eigenvalue weighted by atomic mass is 10.1. The molecule has 1 amide bonds. The van der Waals surface area contributed by atoms with Crippen LogP contribution in [0.5, 0.6) is 0 Å². The highest BCUT2D eigenvalue weighted by Gasteiger charge is 2.21. The third-order valence-corrected chi connectivity index (χ3v) is 4.15. The van der Waals surface area contributed by atoms with Crippen molar-refractivity contribution in [2.45, 2.75) is 26.5 Å². The number of aromatic nitrogens is 2. The van der Waals surface area contributed by atoms with E-state index in [1.54, 1.807) is 17.9 Å². The van der Waals surface area contributed by atoms with Crippen LogP contribution in [0.25, 0.3) is 0 Å². The van der Waals surface area contributed by atoms with E-state index >= 15 is 0 Å². The highest BCUT2D eigenvalue weighted by atomic mass is 35.5. The molecular formula is C19H29ClN4O3. The first kappa shape index (κ1) is 23.1. The summed E-state index contributed by atoms with van der Waals surface area (Å²) in [6, 6.07) is 5.35. The first-order valence-electron chi connectivity index (χ1n) is 8.77. The second kappa shape index (κ2) is 11.7. The summed E-state index contributed by atoms with van der Waals surface area (Å²) in [6.45, 7) is 6.25. The lowest BCUT2D eigenvalue weighted by Gasteiger charge is -2.17. The van der Waals surface area contributed by atoms with Gasteiger partial charge in [0.05, 0.1) is 26.0 Å². The second-order valence-electron chi connectivity index (χ2n) is 6.00. The Balaban J connectivity index is 0.00000364. The zero-order chi connectivity index (χ0) is 18.9. The number of benzene rings is 1. The van der Waals surface area contributed by atoms with E-state index in [0.29, 0.717) is 26.4 Å². The normalized spacial score (nSPS) is 11.7. The van der Waals surface area contributed by atoms with E-state index in [9.17, 15) is 4.79 Å². The van der Waals surface area contributed by atoms with Gasteiger partial charge in [0, 0.05) is 31.1 Å². The number of nitrogens with one attached hydrogen (secondary N) is 2. The molecule has 2 N–H and O–H groups in total. The number of aryl methyl sites for hydroxylation is 1. The van der Waals surface area contributed by atoms with Crippen LogP contribution in [0.3, 0.4) is 0 Å². The third-order valence-electron chi connectivity index (χ3n) is 4.15. The number of halogens is 1. The van der Waals surface area contributed by atoms with Crippen molar-refractivity contribution in [1.82, 2.24) is 15.1 Å². The Labute approximate surface area is 166 Å². The van der Waals surface area contributed by atoms with Crippen molar-refractivity contribution in [3.63, 3.8) is 0 Å². The van der Waals surface area contributed by atoms with Gasteiger partial charge in [0.25, 0.3) is 0 Å². The Hall–Kier alpha value is -1.93. The highest BCUT2D eigenvalue weighted by Crippen LogP contribution is 2.22. The maximum Gasteiger partial charge on any atom is 0.246 e. The average Bonchev–Trinajstić information content (AvgIpc) is 3.04. The Morgan fingerprint density at radius 1 is 1.30 bits per heavy atom. The molecule has 0 saturated heterocycles. The summed E-state index contributed by atoms with van der Waals surface area (Å²) in [5.41, 5.74) is 3.64. The summed E-state index contributed by atoms with van der Waals surface area (Å²) in [7, 11) is 3.58. The molecule has 0 aliphatic heterocycles. The minimum Gasteiger partial charge on any atom is -0.379 e. The van der Waals surface area contributed by atoms with Gasteiger partial charge < -0.3 is 20.1 Å². The van der Waals surface area contributed by atoms with Gasteiger partial charge in [0.1, 0.15) is 6.04 Å². The molecule has 2 aromatic rings. The molecule has 0 radical (unpaired) electrons. The topological polar surface area (TPSA) is 77.4 Å². The van der Waals surface area contributed by atoms with E-state index in [0.717, 1.165) is 22.4 Å². The fraction of sp³-hybridized carbons (Fsp3) is 0.474. The van der Waals surface area contributed by atoms with E-state index in [-0.39, 0.29) is 18.3 Å². The maximum atomic E-state index is 12.7. The smallest absolute Gasteiger partial charge is 0.246 e. The number of likely N-dealkylation sites (N-methyl/N-ethyl adjacent to an activating group) is 1. The molecule has 27 heavy (non-hydrogen) atoms. The molecule has 0 bridgehead atoms. The molecule has 0 saturated carbocycles. The molecule has 2 rings (SSSR count). The Bertz CT molecular complexity index is 721. The highest BCUT2D eigenvalue weighted by molar-refractivity contribution is 5.96. The number of carbonyl (C=O) groups is 1. The first-order chi connectivity index (χ1) is 12.6. The molecule has 1 unspecified atom stereocenters. The van der Waals surface area contributed by atoms with E-state index in [2.05, 4.69) is 15.7 Å². The minimum atomic E-state index is -0.464. The second-order valence-corrected chi connectivity index (χ2v) is 6.00. The zero-order valence-electron chi connectivity index (χ0n) is 16.3. The Morgan fingerprint density at radius 2 is 2.04 bits per heavy atom. The first-order valence-corrected chi connectivity index (χ1v) is 8.77. The van der Waals surface area contributed by atoms with Gasteiger partial charge in [-0.3, -0.25) is 9.48 Å². The molecular weight excluding hydrogens is 368 g/mol. The lowest BCUT2D eigenvalue weighted by Crippen LogP contribution is -2.30. The van der Waals surface area contributed by atoms with Gasteiger partial charge >= 0.3 is 0 Å². The van der Waals surface area contributed by atoms with Crippen LogP contribution in [0.1, 0.15) is 29.7 Å². The summed E-state index contributed by atoms with van der Waals surface area (Å²) in [4.78, 5) is 12.7. The SMILES string of the molecule is CCOCCOCc1cccc(NC(=O)C(NC)c2cnn(C)c2)c1C.Cl. The monoisotopic (exact) mass is 396 g/mol. The fourth-order valence-corrected chi connectivity index (χ4v) is 2.66. The van der Waals surface area contributed by atoms with Crippen LogP contribution in [-0.4, -0.2) is 42.6 Å². The van der Waals surface area contributed by atoms with Crippen LogP contribution in [0, 0.1) is 6.92 Å². The number of carbonyl (C=O) groups excluding carboxylic acids is 1. The summed E-state index contributed by atoms with van der Waals surface area (Å²) < 4.78 is 12.6. The van der Waals surface area contributed by atoms with Crippen LogP contribution >= 0.6 is 12.4 Å². The van der Waals surface area contributed by atoms with Gasteiger partial charge in [0.15, 0.2) is 0 Å². The molecule has 1 aromatic carbocycles. The number of amides is 1. The predicted octanol–water partition coefficient (Wildman–Crippen LogP) is 2.60. The van der Waals surface area contributed by atoms with Gasteiger partial charge in [-0.1, -0.05) is 12.1 Å². The van der Waals surface area contributed by atoms with Crippen molar-refractivity contribution in [3.05, 3.63) is 47.3 Å². The molecule has 8 heteroatoms. The van der Waals surface area contributed by atoms with Gasteiger partial charge in [-0.15, -0.1) is 12.4 Å². The van der Waals surface area contributed by atoms with Crippen molar-refractivity contribution in [2.75, 3.05) is 32.2 Å². The number of anilines is 1. The molecule has 1 heterocycles. The third kappa shape index (κ3) is 6.62. The van der Waals surface area contributed by atoms with Gasteiger partial charge in [-0.25, -0.2) is 0 Å². The number of nitrogens with zero attached hydrogens (tertiary/aromatic N) is 2. The molecule has 0 fully saturated rings. The maximum absolute atomic E-state index is 12.7. The molecule has 150 valence electrons. The number of hydrogen-bond donors (Lipinski definition) is 2. The van der Waals surface area contributed by atoms with Crippen LogP contribution in [-0.2, 0) is 27.9 Å². The molecule has 0 aliphatic carbocycles. The van der Waals surface area contributed by atoms with Gasteiger partial charge in [0.2, 0.25) is 5.91 Å². The Morgan fingerprint density at radius 3 is 2.67 bits per heavy atom. The Kier molecular flexibility index (Phi) is 10.0. The van der Waals surface area contributed by atoms with Crippen LogP contribution in [0.4, 0.5) is 5.69 Å². The van der Waals surface area contributed by atoms with Crippen molar-refractivity contribution in [3.8, 4) is 0 Å². The molecule has 1 aromatic heterocycles. The van der Waals surface area contributed by atoms with Crippen LogP contribution < -0.4 is 10.6 Å². The zero-order valence-corrected chi connectivity index (χ0v) is 17.1.